The molecule has 0 aromatic heterocycles. The van der Waals surface area contributed by atoms with Crippen LogP contribution in [0.2, 0.25) is 5.02 Å². The number of hydrogen-bond donors (Lipinski definition) is 2. The summed E-state index contributed by atoms with van der Waals surface area (Å²) in [5.74, 6) is -1.29. The van der Waals surface area contributed by atoms with Crippen molar-refractivity contribution in [2.75, 3.05) is 0 Å². The Bertz CT molecular complexity index is 576. The van der Waals surface area contributed by atoms with Gasteiger partial charge in [0.1, 0.15) is 4.90 Å². The zero-order valence-corrected chi connectivity index (χ0v) is 9.21. The Kier molecular flexibility index (Phi) is 3.37. The van der Waals surface area contributed by atoms with E-state index in [0.717, 1.165) is 18.2 Å². The van der Waals surface area contributed by atoms with E-state index < -0.39 is 20.9 Å². The lowest BCUT2D eigenvalue weighted by atomic mass is 10.2. The van der Waals surface area contributed by atoms with Crippen LogP contribution in [0.1, 0.15) is 10.4 Å². The highest BCUT2D eigenvalue weighted by molar-refractivity contribution is 7.89. The van der Waals surface area contributed by atoms with E-state index in [2.05, 4.69) is 0 Å². The summed E-state index contributed by atoms with van der Waals surface area (Å²) in [6, 6.07) is 3.18. The molecule has 16 heavy (non-hydrogen) atoms. The fourth-order valence-corrected chi connectivity index (χ4v) is 2.22. The zero-order valence-electron chi connectivity index (χ0n) is 7.64. The van der Waals surface area contributed by atoms with Gasteiger partial charge in [-0.15, -0.1) is 0 Å². The van der Waals surface area contributed by atoms with E-state index in [0.29, 0.717) is 0 Å². The van der Waals surface area contributed by atoms with Crippen LogP contribution in [0.15, 0.2) is 23.1 Å². The van der Waals surface area contributed by atoms with Gasteiger partial charge in [-0.05, 0) is 18.2 Å². The minimum absolute atomic E-state index is 0.159. The number of nitriles is 1. The summed E-state index contributed by atoms with van der Waals surface area (Å²) in [5.41, 5.74) is -0.234. The van der Waals surface area contributed by atoms with Crippen molar-refractivity contribution in [3.8, 4) is 6.19 Å². The maximum absolute atomic E-state index is 11.4. The summed E-state index contributed by atoms with van der Waals surface area (Å²) in [6.07, 6.45) is 1.24. The lowest BCUT2D eigenvalue weighted by molar-refractivity contribution is 0.0696. The van der Waals surface area contributed by atoms with E-state index in [1.54, 1.807) is 4.72 Å². The second-order valence-corrected chi connectivity index (χ2v) is 4.73. The van der Waals surface area contributed by atoms with E-state index in [9.17, 15) is 13.2 Å². The standard InChI is InChI=1S/C8H5ClN2O4S/c9-6-2-1-5(8(12)13)3-7(6)16(14,15)11-4-10/h1-3,11H,(H,12,13). The Hall–Kier alpha value is -1.78. The molecule has 1 rings (SSSR count). The predicted octanol–water partition coefficient (Wildman–Crippen LogP) is 0.798. The first-order valence-electron chi connectivity index (χ1n) is 3.82. The normalized spacial score (nSPS) is 10.5. The third-order valence-electron chi connectivity index (χ3n) is 1.65. The molecule has 0 aliphatic rings. The average molecular weight is 261 g/mol. The van der Waals surface area contributed by atoms with Gasteiger partial charge in [0.05, 0.1) is 10.6 Å². The molecule has 2 N–H and O–H groups in total. The Morgan fingerprint density at radius 1 is 1.50 bits per heavy atom. The van der Waals surface area contributed by atoms with Gasteiger partial charge in [0, 0.05) is 0 Å². The van der Waals surface area contributed by atoms with E-state index in [1.807, 2.05) is 0 Å². The van der Waals surface area contributed by atoms with Crippen molar-refractivity contribution in [2.45, 2.75) is 4.90 Å². The van der Waals surface area contributed by atoms with Crippen molar-refractivity contribution in [1.29, 1.82) is 5.26 Å². The number of carboxylic acid groups (broad SMARTS) is 1. The van der Waals surface area contributed by atoms with Crippen LogP contribution < -0.4 is 4.72 Å². The molecule has 0 radical (unpaired) electrons. The van der Waals surface area contributed by atoms with Crippen LogP contribution in [0, 0.1) is 11.5 Å². The topological polar surface area (TPSA) is 107 Å². The van der Waals surface area contributed by atoms with Gasteiger partial charge in [-0.3, -0.25) is 0 Å². The quantitative estimate of drug-likeness (QED) is 0.617. The molecule has 0 amide bonds. The number of halogens is 1. The van der Waals surface area contributed by atoms with Gasteiger partial charge in [0.15, 0.2) is 6.19 Å². The molecule has 0 heterocycles. The molecule has 0 bridgehead atoms. The van der Waals surface area contributed by atoms with Crippen LogP contribution >= 0.6 is 11.6 Å². The first kappa shape index (κ1) is 12.3. The van der Waals surface area contributed by atoms with Gasteiger partial charge in [0.25, 0.3) is 10.0 Å². The molecular formula is C8H5ClN2O4S. The summed E-state index contributed by atoms with van der Waals surface area (Å²) in [4.78, 5) is 10.2. The number of nitrogens with zero attached hydrogens (tertiary/aromatic N) is 1. The number of sulfonamides is 1. The Morgan fingerprint density at radius 2 is 2.12 bits per heavy atom. The van der Waals surface area contributed by atoms with Gasteiger partial charge >= 0.3 is 5.97 Å². The van der Waals surface area contributed by atoms with Crippen molar-refractivity contribution in [3.63, 3.8) is 0 Å². The molecule has 0 fully saturated rings. The monoisotopic (exact) mass is 260 g/mol. The lowest BCUT2D eigenvalue weighted by Gasteiger charge is -2.04. The van der Waals surface area contributed by atoms with Crippen LogP contribution in [0.4, 0.5) is 0 Å². The molecule has 0 spiro atoms. The van der Waals surface area contributed by atoms with Gasteiger partial charge < -0.3 is 5.11 Å². The summed E-state index contributed by atoms with van der Waals surface area (Å²) in [6.45, 7) is 0. The fraction of sp³-hybridized carbons (Fsp3) is 0. The second kappa shape index (κ2) is 4.38. The van der Waals surface area contributed by atoms with Crippen LogP contribution in [0.25, 0.3) is 0 Å². The molecule has 0 unspecified atom stereocenters. The smallest absolute Gasteiger partial charge is 0.335 e. The minimum Gasteiger partial charge on any atom is -0.478 e. The summed E-state index contributed by atoms with van der Waals surface area (Å²) in [5, 5.41) is 16.7. The number of aromatic carboxylic acids is 1. The minimum atomic E-state index is -4.10. The predicted molar refractivity (Wildman–Crippen MR) is 54.3 cm³/mol. The summed E-state index contributed by atoms with van der Waals surface area (Å²) < 4.78 is 24.4. The molecule has 0 aliphatic carbocycles. The summed E-state index contributed by atoms with van der Waals surface area (Å²) in [7, 11) is -4.10. The number of carbonyl (C=O) groups is 1. The maximum Gasteiger partial charge on any atom is 0.335 e. The van der Waals surface area contributed by atoms with Crippen LogP contribution in [-0.2, 0) is 10.0 Å². The van der Waals surface area contributed by atoms with Crippen LogP contribution in [-0.4, -0.2) is 19.5 Å². The number of benzene rings is 1. The molecule has 1 aromatic carbocycles. The van der Waals surface area contributed by atoms with E-state index in [-0.39, 0.29) is 10.6 Å². The van der Waals surface area contributed by atoms with E-state index in [4.69, 9.17) is 22.0 Å². The third kappa shape index (κ3) is 2.42. The van der Waals surface area contributed by atoms with Crippen molar-refractivity contribution in [2.24, 2.45) is 0 Å². The number of nitrogens with one attached hydrogen (secondary N) is 1. The van der Waals surface area contributed by atoms with Crippen molar-refractivity contribution >= 4 is 27.6 Å². The number of carboxylic acids is 1. The third-order valence-corrected chi connectivity index (χ3v) is 3.37. The second-order valence-electron chi connectivity index (χ2n) is 2.67. The Morgan fingerprint density at radius 3 is 2.62 bits per heavy atom. The Balaban J connectivity index is 3.40. The van der Waals surface area contributed by atoms with Crippen molar-refractivity contribution in [1.82, 2.24) is 4.72 Å². The van der Waals surface area contributed by atoms with Crippen LogP contribution in [0.5, 0.6) is 0 Å². The van der Waals surface area contributed by atoms with Gasteiger partial charge in [-0.2, -0.15) is 5.26 Å². The van der Waals surface area contributed by atoms with Gasteiger partial charge in [-0.1, -0.05) is 11.6 Å². The van der Waals surface area contributed by atoms with E-state index in [1.165, 1.54) is 6.19 Å². The first-order chi connectivity index (χ1) is 7.38. The number of hydrogen-bond acceptors (Lipinski definition) is 4. The van der Waals surface area contributed by atoms with Crippen LogP contribution in [0.3, 0.4) is 0 Å². The van der Waals surface area contributed by atoms with Gasteiger partial charge in [0.2, 0.25) is 0 Å². The maximum atomic E-state index is 11.4. The summed E-state index contributed by atoms with van der Waals surface area (Å²) >= 11 is 5.60. The van der Waals surface area contributed by atoms with Gasteiger partial charge in [-0.25, -0.2) is 17.9 Å². The SMILES string of the molecule is N#CNS(=O)(=O)c1cc(C(=O)O)ccc1Cl. The molecule has 84 valence electrons. The highest BCUT2D eigenvalue weighted by Gasteiger charge is 2.19. The largest absolute Gasteiger partial charge is 0.478 e. The molecule has 6 nitrogen and oxygen atoms in total. The highest BCUT2D eigenvalue weighted by Crippen LogP contribution is 2.22. The zero-order chi connectivity index (χ0) is 12.3. The Labute approximate surface area is 96.1 Å². The molecular weight excluding hydrogens is 256 g/mol. The lowest BCUT2D eigenvalue weighted by Crippen LogP contribution is -2.19. The highest BCUT2D eigenvalue weighted by atomic mass is 35.5. The van der Waals surface area contributed by atoms with Crippen molar-refractivity contribution in [3.05, 3.63) is 28.8 Å². The molecule has 1 aromatic rings. The first-order valence-corrected chi connectivity index (χ1v) is 5.68. The molecule has 0 atom stereocenters. The fourth-order valence-electron chi connectivity index (χ4n) is 0.957. The average Bonchev–Trinajstić information content (AvgIpc) is 2.17. The van der Waals surface area contributed by atoms with Crippen molar-refractivity contribution < 1.29 is 18.3 Å². The molecule has 0 aliphatic heterocycles. The number of rotatable bonds is 3. The van der Waals surface area contributed by atoms with E-state index >= 15 is 0 Å². The molecule has 0 saturated carbocycles. The molecule has 0 saturated heterocycles. The molecule has 8 heteroatoms.